The minimum absolute atomic E-state index is 0.222. The van der Waals surface area contributed by atoms with Crippen molar-refractivity contribution in [1.82, 2.24) is 24.1 Å². The van der Waals surface area contributed by atoms with E-state index < -0.39 is 0 Å². The van der Waals surface area contributed by atoms with Gasteiger partial charge in [-0.15, -0.1) is 0 Å². The van der Waals surface area contributed by atoms with Crippen molar-refractivity contribution in [3.8, 4) is 34.3 Å². The smallest absolute Gasteiger partial charge is 0.333 e. The lowest BCUT2D eigenvalue weighted by atomic mass is 10.0. The fourth-order valence-corrected chi connectivity index (χ4v) is 4.18. The Balaban J connectivity index is 1.82. The van der Waals surface area contributed by atoms with E-state index in [4.69, 9.17) is 14.2 Å². The van der Waals surface area contributed by atoms with Crippen molar-refractivity contribution in [2.45, 2.75) is 6.61 Å². The van der Waals surface area contributed by atoms with Gasteiger partial charge in [-0.2, -0.15) is 4.98 Å². The first-order valence-electron chi connectivity index (χ1n) is 10.7. The van der Waals surface area contributed by atoms with Gasteiger partial charge in [0.25, 0.3) is 0 Å². The van der Waals surface area contributed by atoms with E-state index in [-0.39, 0.29) is 18.2 Å². The Morgan fingerprint density at radius 3 is 2.49 bits per heavy atom. The summed E-state index contributed by atoms with van der Waals surface area (Å²) in [6.45, 7) is -0.222. The molecule has 5 aromatic rings. The molecule has 0 unspecified atom stereocenters. The Hall–Kier alpha value is -4.44. The van der Waals surface area contributed by atoms with Gasteiger partial charge >= 0.3 is 5.69 Å². The Labute approximate surface area is 200 Å². The molecule has 0 fully saturated rings. The largest absolute Gasteiger partial charge is 0.495 e. The maximum absolute atomic E-state index is 13.4. The second kappa shape index (κ2) is 8.73. The van der Waals surface area contributed by atoms with Gasteiger partial charge in [0, 0.05) is 30.3 Å². The quantitative estimate of drug-likeness (QED) is 0.401. The van der Waals surface area contributed by atoms with Crippen LogP contribution >= 0.6 is 0 Å². The zero-order valence-corrected chi connectivity index (χ0v) is 19.6. The van der Waals surface area contributed by atoms with Crippen molar-refractivity contribution >= 4 is 21.9 Å². The van der Waals surface area contributed by atoms with Gasteiger partial charge in [0.05, 0.1) is 50.7 Å². The third kappa shape index (κ3) is 3.55. The van der Waals surface area contributed by atoms with Crippen LogP contribution < -0.4 is 19.9 Å². The van der Waals surface area contributed by atoms with Crippen LogP contribution in [0.5, 0.6) is 17.5 Å². The summed E-state index contributed by atoms with van der Waals surface area (Å²) in [4.78, 5) is 26.6. The van der Waals surface area contributed by atoms with Crippen LogP contribution in [0.3, 0.4) is 0 Å². The molecular weight excluding hydrogens is 450 g/mol. The van der Waals surface area contributed by atoms with Gasteiger partial charge in [-0.1, -0.05) is 6.07 Å². The molecule has 0 aliphatic heterocycles. The fraction of sp³-hybridized carbons (Fsp3) is 0.200. The number of hydrogen-bond acceptors (Lipinski definition) is 8. The third-order valence-electron chi connectivity index (χ3n) is 5.97. The summed E-state index contributed by atoms with van der Waals surface area (Å²) in [7, 11) is 6.25. The lowest BCUT2D eigenvalue weighted by molar-refractivity contribution is 0.268. The highest BCUT2D eigenvalue weighted by Gasteiger charge is 2.20. The van der Waals surface area contributed by atoms with Crippen molar-refractivity contribution in [3.63, 3.8) is 0 Å². The van der Waals surface area contributed by atoms with Crippen molar-refractivity contribution in [2.24, 2.45) is 7.05 Å². The molecule has 0 saturated carbocycles. The Morgan fingerprint density at radius 2 is 1.77 bits per heavy atom. The van der Waals surface area contributed by atoms with E-state index in [2.05, 4.69) is 15.0 Å². The van der Waals surface area contributed by atoms with Crippen molar-refractivity contribution in [3.05, 3.63) is 65.0 Å². The average Bonchev–Trinajstić information content (AvgIpc) is 3.17. The maximum Gasteiger partial charge on any atom is 0.333 e. The predicted octanol–water partition coefficient (Wildman–Crippen LogP) is 2.85. The molecule has 1 aromatic carbocycles. The van der Waals surface area contributed by atoms with Crippen LogP contribution in [0.15, 0.2) is 53.6 Å². The molecule has 178 valence electrons. The standard InChI is InChI=1S/C25H23N5O5/c1-29-20-12-27-17-6-5-14(15-10-21(33-2)18(13-31)26-11-15)9-16(17)23(20)30(25(29)32)19-7-8-22(34-3)28-24(19)35-4/h5-12,31H,13H2,1-4H3. The number of benzene rings is 1. The molecule has 0 radical (unpaired) electrons. The van der Waals surface area contributed by atoms with E-state index in [0.29, 0.717) is 39.6 Å². The minimum Gasteiger partial charge on any atom is -0.495 e. The number of aliphatic hydroxyl groups is 1. The molecule has 0 aliphatic rings. The SMILES string of the molecule is COc1ccc(-n2c(=O)n(C)c3cnc4ccc(-c5cnc(CO)c(OC)c5)cc4c32)c(OC)n1. The van der Waals surface area contributed by atoms with Gasteiger partial charge in [0.15, 0.2) is 0 Å². The summed E-state index contributed by atoms with van der Waals surface area (Å²) in [6.07, 6.45) is 3.36. The summed E-state index contributed by atoms with van der Waals surface area (Å²) >= 11 is 0. The normalized spacial score (nSPS) is 11.2. The van der Waals surface area contributed by atoms with E-state index in [1.54, 1.807) is 40.7 Å². The molecule has 0 aliphatic carbocycles. The monoisotopic (exact) mass is 473 g/mol. The Kier molecular flexibility index (Phi) is 5.58. The second-order valence-electron chi connectivity index (χ2n) is 7.81. The summed E-state index contributed by atoms with van der Waals surface area (Å²) < 4.78 is 19.2. The van der Waals surface area contributed by atoms with E-state index in [1.165, 1.54) is 21.3 Å². The molecule has 10 heteroatoms. The maximum atomic E-state index is 13.4. The van der Waals surface area contributed by atoms with Gasteiger partial charge in [-0.3, -0.25) is 19.1 Å². The highest BCUT2D eigenvalue weighted by atomic mass is 16.5. The van der Waals surface area contributed by atoms with Crippen LogP contribution in [-0.2, 0) is 13.7 Å². The lowest BCUT2D eigenvalue weighted by Gasteiger charge is -2.12. The van der Waals surface area contributed by atoms with Crippen LogP contribution in [0.2, 0.25) is 0 Å². The van der Waals surface area contributed by atoms with Crippen LogP contribution in [0, 0.1) is 0 Å². The number of nitrogens with zero attached hydrogens (tertiary/aromatic N) is 5. The topological polar surface area (TPSA) is 114 Å². The van der Waals surface area contributed by atoms with Gasteiger partial charge in [-0.25, -0.2) is 4.79 Å². The number of aryl methyl sites for hydroxylation is 1. The number of ether oxygens (including phenoxy) is 3. The number of methoxy groups -OCH3 is 3. The van der Waals surface area contributed by atoms with Crippen LogP contribution in [0.4, 0.5) is 0 Å². The van der Waals surface area contributed by atoms with Gasteiger partial charge in [0.1, 0.15) is 17.1 Å². The first kappa shape index (κ1) is 22.4. The fourth-order valence-electron chi connectivity index (χ4n) is 4.18. The molecule has 0 spiro atoms. The molecule has 4 heterocycles. The molecular formula is C25H23N5O5. The van der Waals surface area contributed by atoms with E-state index in [1.807, 2.05) is 24.3 Å². The average molecular weight is 473 g/mol. The molecule has 0 amide bonds. The van der Waals surface area contributed by atoms with Gasteiger partial charge < -0.3 is 19.3 Å². The zero-order valence-electron chi connectivity index (χ0n) is 19.6. The lowest BCUT2D eigenvalue weighted by Crippen LogP contribution is -2.21. The van der Waals surface area contributed by atoms with Crippen molar-refractivity contribution in [2.75, 3.05) is 21.3 Å². The minimum atomic E-state index is -0.263. The van der Waals surface area contributed by atoms with Crippen LogP contribution in [0.1, 0.15) is 5.69 Å². The van der Waals surface area contributed by atoms with Crippen molar-refractivity contribution in [1.29, 1.82) is 0 Å². The first-order valence-corrected chi connectivity index (χ1v) is 10.7. The highest BCUT2D eigenvalue weighted by molar-refractivity contribution is 6.04. The molecule has 0 saturated heterocycles. The van der Waals surface area contributed by atoms with Crippen LogP contribution in [-0.4, -0.2) is 50.5 Å². The summed E-state index contributed by atoms with van der Waals surface area (Å²) in [6, 6.07) is 11.0. The van der Waals surface area contributed by atoms with E-state index in [9.17, 15) is 9.90 Å². The zero-order chi connectivity index (χ0) is 24.7. The van der Waals surface area contributed by atoms with Gasteiger partial charge in [-0.05, 0) is 29.8 Å². The second-order valence-corrected chi connectivity index (χ2v) is 7.81. The number of aromatic nitrogens is 5. The van der Waals surface area contributed by atoms with Crippen LogP contribution in [0.25, 0.3) is 38.8 Å². The summed E-state index contributed by atoms with van der Waals surface area (Å²) in [5.74, 6) is 1.13. The molecule has 5 rings (SSSR count). The molecule has 0 bridgehead atoms. The Morgan fingerprint density at radius 1 is 0.943 bits per heavy atom. The third-order valence-corrected chi connectivity index (χ3v) is 5.97. The number of rotatable bonds is 6. The number of fused-ring (bicyclic) bond motifs is 3. The van der Waals surface area contributed by atoms with Crippen molar-refractivity contribution < 1.29 is 19.3 Å². The van der Waals surface area contributed by atoms with E-state index in [0.717, 1.165) is 16.5 Å². The number of imidazole rings is 1. The van der Waals surface area contributed by atoms with E-state index >= 15 is 0 Å². The predicted molar refractivity (Wildman–Crippen MR) is 130 cm³/mol. The first-order chi connectivity index (χ1) is 17.0. The van der Waals surface area contributed by atoms with Gasteiger partial charge in [0.2, 0.25) is 11.8 Å². The molecule has 4 aromatic heterocycles. The number of hydrogen-bond donors (Lipinski definition) is 1. The Bertz CT molecular complexity index is 1640. The highest BCUT2D eigenvalue weighted by Crippen LogP contribution is 2.33. The molecule has 10 nitrogen and oxygen atoms in total. The number of aliphatic hydroxyl groups excluding tert-OH is 1. The molecule has 35 heavy (non-hydrogen) atoms. The molecule has 1 N–H and O–H groups in total. The molecule has 0 atom stereocenters. The number of pyridine rings is 3. The summed E-state index contributed by atoms with van der Waals surface area (Å²) in [5, 5.41) is 10.3. The summed E-state index contributed by atoms with van der Waals surface area (Å²) in [5.41, 5.74) is 4.37.